The zero-order valence-electron chi connectivity index (χ0n) is 20.4. The van der Waals surface area contributed by atoms with Gasteiger partial charge in [0, 0.05) is 47.3 Å². The molecule has 0 aliphatic carbocycles. The molecule has 0 spiro atoms. The summed E-state index contributed by atoms with van der Waals surface area (Å²) in [6.07, 6.45) is 3.15. The zero-order chi connectivity index (χ0) is 24.1. The number of aromatic nitrogens is 1. The number of carbonyl (C=O) groups is 1. The molecule has 0 unspecified atom stereocenters. The molecule has 0 aliphatic heterocycles. The Balaban J connectivity index is 0.000000449. The van der Waals surface area contributed by atoms with Crippen LogP contribution in [0.3, 0.4) is 0 Å². The standard InChI is InChI=1S/C24H22NS.C5H8O2.Ir/c1-15(2)18-5-7-19(8-6-18)23-12-21-14-25-22(13-24(21)26-23)20-10-16(3)9-17(4)11-20;1-4(6)3-5(2)7;/h5-10,12-15H,1-4H3;3,6H,1-2H3;/q-1;;/b;4-3-;. The molecule has 4 rings (SSSR count). The van der Waals surface area contributed by atoms with Gasteiger partial charge in [-0.05, 0) is 42.7 Å². The van der Waals surface area contributed by atoms with E-state index in [0.29, 0.717) is 5.92 Å². The largest absolute Gasteiger partial charge is 0.512 e. The van der Waals surface area contributed by atoms with E-state index in [4.69, 9.17) is 5.11 Å². The van der Waals surface area contributed by atoms with Crippen molar-refractivity contribution in [2.45, 2.75) is 47.5 Å². The van der Waals surface area contributed by atoms with E-state index in [1.807, 2.05) is 17.5 Å². The Morgan fingerprint density at radius 3 is 2.26 bits per heavy atom. The molecule has 2 aromatic carbocycles. The van der Waals surface area contributed by atoms with Crippen LogP contribution in [-0.4, -0.2) is 15.9 Å². The fraction of sp³-hybridized carbons (Fsp3) is 0.241. The van der Waals surface area contributed by atoms with Gasteiger partial charge in [0.2, 0.25) is 0 Å². The SMILES string of the molecule is CC(=O)/C=C(/C)O.Cc1[c-]c(-c2cc3sc(-c4ccc(C(C)C)cc4)cc3cn2)cc(C)c1.[Ir]. The van der Waals surface area contributed by atoms with E-state index in [1.54, 1.807) is 0 Å². The number of aliphatic hydroxyl groups is 1. The Hall–Kier alpha value is -2.59. The maximum atomic E-state index is 10.0. The molecule has 0 amide bonds. The summed E-state index contributed by atoms with van der Waals surface area (Å²) in [4.78, 5) is 16.0. The summed E-state index contributed by atoms with van der Waals surface area (Å²) in [5, 5.41) is 9.56. The molecular formula is C29H30IrNO2S-. The number of ketones is 1. The molecule has 2 aromatic heterocycles. The van der Waals surface area contributed by atoms with E-state index in [9.17, 15) is 4.79 Å². The first-order chi connectivity index (χ1) is 15.6. The number of rotatable bonds is 4. The molecule has 34 heavy (non-hydrogen) atoms. The Bertz CT molecular complexity index is 1280. The van der Waals surface area contributed by atoms with E-state index in [0.717, 1.165) is 16.8 Å². The number of carbonyl (C=O) groups excluding carboxylic acids is 1. The van der Waals surface area contributed by atoms with E-state index >= 15 is 0 Å². The van der Waals surface area contributed by atoms with Crippen LogP contribution in [0.1, 0.15) is 50.3 Å². The second-order valence-electron chi connectivity index (χ2n) is 8.65. The molecule has 1 N–H and O–H groups in total. The molecule has 179 valence electrons. The van der Waals surface area contributed by atoms with Crippen LogP contribution in [0.15, 0.2) is 66.6 Å². The normalized spacial score (nSPS) is 11.1. The summed E-state index contributed by atoms with van der Waals surface area (Å²) in [6, 6.07) is 21.1. The van der Waals surface area contributed by atoms with Crippen LogP contribution >= 0.6 is 11.3 Å². The number of hydrogen-bond acceptors (Lipinski definition) is 4. The maximum absolute atomic E-state index is 10.0. The van der Waals surface area contributed by atoms with Crippen LogP contribution in [0.25, 0.3) is 31.8 Å². The van der Waals surface area contributed by atoms with Crippen molar-refractivity contribution >= 4 is 27.2 Å². The van der Waals surface area contributed by atoms with Crippen LogP contribution in [0, 0.1) is 19.9 Å². The van der Waals surface area contributed by atoms with Gasteiger partial charge in [-0.1, -0.05) is 58.0 Å². The van der Waals surface area contributed by atoms with Gasteiger partial charge >= 0.3 is 0 Å². The van der Waals surface area contributed by atoms with Crippen LogP contribution in [0.4, 0.5) is 0 Å². The monoisotopic (exact) mass is 649 g/mol. The summed E-state index contributed by atoms with van der Waals surface area (Å²) >= 11 is 1.83. The van der Waals surface area contributed by atoms with Crippen LogP contribution < -0.4 is 0 Å². The van der Waals surface area contributed by atoms with E-state index in [1.165, 1.54) is 51.6 Å². The number of pyridine rings is 1. The van der Waals surface area contributed by atoms with E-state index < -0.39 is 0 Å². The minimum absolute atomic E-state index is 0. The molecule has 0 atom stereocenters. The Morgan fingerprint density at radius 2 is 1.74 bits per heavy atom. The Kier molecular flexibility index (Phi) is 9.93. The van der Waals surface area contributed by atoms with Gasteiger partial charge in [-0.15, -0.1) is 46.2 Å². The molecule has 0 saturated heterocycles. The summed E-state index contributed by atoms with van der Waals surface area (Å²) in [7, 11) is 0. The average Bonchev–Trinajstić information content (AvgIpc) is 3.16. The topological polar surface area (TPSA) is 50.2 Å². The third-order valence-electron chi connectivity index (χ3n) is 5.10. The molecule has 3 nitrogen and oxygen atoms in total. The number of allylic oxidation sites excluding steroid dienone is 2. The number of fused-ring (bicyclic) bond motifs is 1. The van der Waals surface area contributed by atoms with Crippen LogP contribution in [0.2, 0.25) is 0 Å². The van der Waals surface area contributed by atoms with Crippen molar-refractivity contribution in [1.29, 1.82) is 0 Å². The molecule has 2 heterocycles. The zero-order valence-corrected chi connectivity index (χ0v) is 23.6. The Morgan fingerprint density at radius 1 is 1.06 bits per heavy atom. The first kappa shape index (κ1) is 27.7. The molecule has 0 aliphatic rings. The second kappa shape index (κ2) is 12.2. The van der Waals surface area contributed by atoms with E-state index in [2.05, 4.69) is 87.3 Å². The van der Waals surface area contributed by atoms with Gasteiger partial charge < -0.3 is 10.1 Å². The number of benzene rings is 2. The van der Waals surface area contributed by atoms with Crippen LogP contribution in [-0.2, 0) is 24.9 Å². The molecule has 1 radical (unpaired) electrons. The summed E-state index contributed by atoms with van der Waals surface area (Å²) in [6.45, 7) is 11.5. The smallest absolute Gasteiger partial charge is 0.155 e. The van der Waals surface area contributed by atoms with Crippen molar-refractivity contribution in [2.75, 3.05) is 0 Å². The summed E-state index contributed by atoms with van der Waals surface area (Å²) in [5.41, 5.74) is 7.11. The van der Waals surface area contributed by atoms with Crippen molar-refractivity contribution in [3.63, 3.8) is 0 Å². The van der Waals surface area contributed by atoms with Gasteiger partial charge in [-0.25, -0.2) is 0 Å². The van der Waals surface area contributed by atoms with Crippen molar-refractivity contribution in [3.05, 3.63) is 89.3 Å². The minimum Gasteiger partial charge on any atom is -0.512 e. The predicted octanol–water partition coefficient (Wildman–Crippen LogP) is 8.21. The fourth-order valence-corrected chi connectivity index (χ4v) is 4.66. The molecule has 0 saturated carbocycles. The van der Waals surface area contributed by atoms with Gasteiger partial charge in [0.05, 0.1) is 5.76 Å². The van der Waals surface area contributed by atoms with Crippen molar-refractivity contribution in [3.8, 4) is 21.7 Å². The quantitative estimate of drug-likeness (QED) is 0.138. The molecule has 5 heteroatoms. The third kappa shape index (κ3) is 7.46. The number of nitrogens with zero attached hydrogens (tertiary/aromatic N) is 1. The molecular weight excluding hydrogens is 619 g/mol. The van der Waals surface area contributed by atoms with Crippen LogP contribution in [0.5, 0.6) is 0 Å². The first-order valence-corrected chi connectivity index (χ1v) is 11.8. The fourth-order valence-electron chi connectivity index (χ4n) is 3.58. The summed E-state index contributed by atoms with van der Waals surface area (Å²) in [5.74, 6) is 0.500. The second-order valence-corrected chi connectivity index (χ2v) is 9.73. The van der Waals surface area contributed by atoms with Crippen molar-refractivity contribution in [1.82, 2.24) is 4.98 Å². The molecule has 0 bridgehead atoms. The minimum atomic E-state index is -0.125. The number of aliphatic hydroxyl groups excluding tert-OH is 1. The van der Waals surface area contributed by atoms with Crippen molar-refractivity contribution in [2.24, 2.45) is 0 Å². The average molecular weight is 649 g/mol. The number of hydrogen-bond donors (Lipinski definition) is 1. The Labute approximate surface area is 219 Å². The van der Waals surface area contributed by atoms with E-state index in [-0.39, 0.29) is 31.6 Å². The molecule has 4 aromatic rings. The van der Waals surface area contributed by atoms with Gasteiger partial charge in [0.25, 0.3) is 0 Å². The maximum Gasteiger partial charge on any atom is 0.155 e. The first-order valence-electron chi connectivity index (χ1n) is 11.0. The van der Waals surface area contributed by atoms with Crippen molar-refractivity contribution < 1.29 is 30.0 Å². The van der Waals surface area contributed by atoms with Gasteiger partial charge in [-0.2, -0.15) is 0 Å². The summed E-state index contributed by atoms with van der Waals surface area (Å²) < 4.78 is 1.27. The molecule has 0 fully saturated rings. The third-order valence-corrected chi connectivity index (χ3v) is 6.25. The number of thiophene rings is 1. The number of aryl methyl sites for hydroxylation is 2. The predicted molar refractivity (Wildman–Crippen MR) is 140 cm³/mol. The van der Waals surface area contributed by atoms with Gasteiger partial charge in [-0.3, -0.25) is 4.79 Å². The van der Waals surface area contributed by atoms with Gasteiger partial charge in [0.1, 0.15) is 0 Å². The van der Waals surface area contributed by atoms with Gasteiger partial charge in [0.15, 0.2) is 5.78 Å².